The van der Waals surface area contributed by atoms with Gasteiger partial charge in [-0.1, -0.05) is 46.3 Å². The van der Waals surface area contributed by atoms with Crippen LogP contribution in [0.15, 0.2) is 53.0 Å². The fraction of sp³-hybridized carbons (Fsp3) is 0.0714. The van der Waals surface area contributed by atoms with Gasteiger partial charge in [0.1, 0.15) is 0 Å². The van der Waals surface area contributed by atoms with Crippen molar-refractivity contribution >= 4 is 44.3 Å². The minimum Gasteiger partial charge on any atom is -0.294 e. The van der Waals surface area contributed by atoms with Gasteiger partial charge < -0.3 is 0 Å². The minimum absolute atomic E-state index is 0.140. The van der Waals surface area contributed by atoms with Crippen molar-refractivity contribution < 1.29 is 4.79 Å². The van der Waals surface area contributed by atoms with Gasteiger partial charge in [0.25, 0.3) is 0 Å². The maximum absolute atomic E-state index is 12.2. The predicted octanol–water partition coefficient (Wildman–Crippen LogP) is 4.48. The van der Waals surface area contributed by atoms with Crippen LogP contribution in [0.25, 0.3) is 0 Å². The molecule has 0 saturated carbocycles. The second kappa shape index (κ2) is 5.78. The summed E-state index contributed by atoms with van der Waals surface area (Å²) < 4.78 is 1.93. The molecule has 0 bridgehead atoms. The second-order valence-electron chi connectivity index (χ2n) is 3.71. The Balaban J connectivity index is 2.23. The molecule has 0 aliphatic rings. The Kier molecular flexibility index (Phi) is 4.34. The van der Waals surface area contributed by atoms with E-state index in [1.807, 2.05) is 48.5 Å². The molecule has 2 aromatic rings. The number of hydrogen-bond acceptors (Lipinski definition) is 1. The SMILES string of the molecule is O=C(Cc1ccccc1)c1cc(I)ccc1Br. The van der Waals surface area contributed by atoms with Gasteiger partial charge in [-0.25, -0.2) is 0 Å². The zero-order valence-corrected chi connectivity index (χ0v) is 12.7. The van der Waals surface area contributed by atoms with Crippen LogP contribution in [0.4, 0.5) is 0 Å². The normalized spacial score (nSPS) is 10.2. The molecule has 0 aliphatic heterocycles. The van der Waals surface area contributed by atoms with Crippen molar-refractivity contribution in [2.24, 2.45) is 0 Å². The number of carbonyl (C=O) groups excluding carboxylic acids is 1. The summed E-state index contributed by atoms with van der Waals surface area (Å²) in [5.74, 6) is 0.140. The molecule has 2 aromatic carbocycles. The summed E-state index contributed by atoms with van der Waals surface area (Å²) in [5, 5.41) is 0. The lowest BCUT2D eigenvalue weighted by Crippen LogP contribution is -2.04. The Morgan fingerprint density at radius 1 is 1.12 bits per heavy atom. The molecule has 2 rings (SSSR count). The largest absolute Gasteiger partial charge is 0.294 e. The first-order valence-electron chi connectivity index (χ1n) is 5.19. The highest BCUT2D eigenvalue weighted by Gasteiger charge is 2.11. The Bertz CT molecular complexity index is 537. The van der Waals surface area contributed by atoms with Gasteiger partial charge in [0.2, 0.25) is 0 Å². The van der Waals surface area contributed by atoms with Crippen LogP contribution in [0, 0.1) is 3.57 Å². The molecule has 0 unspecified atom stereocenters. The fourth-order valence-electron chi connectivity index (χ4n) is 1.59. The van der Waals surface area contributed by atoms with E-state index in [2.05, 4.69) is 38.5 Å². The topological polar surface area (TPSA) is 17.1 Å². The third-order valence-corrected chi connectivity index (χ3v) is 3.80. The van der Waals surface area contributed by atoms with E-state index >= 15 is 0 Å². The summed E-state index contributed by atoms with van der Waals surface area (Å²) in [5.41, 5.74) is 1.80. The number of ketones is 1. The fourth-order valence-corrected chi connectivity index (χ4v) is 2.55. The molecule has 0 fully saturated rings. The molecule has 0 aromatic heterocycles. The van der Waals surface area contributed by atoms with E-state index in [9.17, 15) is 4.79 Å². The number of halogens is 2. The molecule has 86 valence electrons. The number of rotatable bonds is 3. The van der Waals surface area contributed by atoms with Gasteiger partial charge in [-0.05, 0) is 46.4 Å². The van der Waals surface area contributed by atoms with Gasteiger partial charge in [-0.3, -0.25) is 4.79 Å². The Hall–Kier alpha value is -0.680. The minimum atomic E-state index is 0.140. The van der Waals surface area contributed by atoms with Crippen LogP contribution in [0.3, 0.4) is 0 Å². The van der Waals surface area contributed by atoms with Gasteiger partial charge in [-0.15, -0.1) is 0 Å². The van der Waals surface area contributed by atoms with Crippen molar-refractivity contribution in [3.63, 3.8) is 0 Å². The Morgan fingerprint density at radius 2 is 1.82 bits per heavy atom. The standard InChI is InChI=1S/C14H10BrIO/c15-13-7-6-11(16)9-12(13)14(17)8-10-4-2-1-3-5-10/h1-7,9H,8H2. The molecule has 1 nitrogen and oxygen atoms in total. The summed E-state index contributed by atoms with van der Waals surface area (Å²) in [6, 6.07) is 15.6. The second-order valence-corrected chi connectivity index (χ2v) is 5.81. The first-order chi connectivity index (χ1) is 8.16. The van der Waals surface area contributed by atoms with Crippen molar-refractivity contribution in [3.8, 4) is 0 Å². The van der Waals surface area contributed by atoms with E-state index in [1.54, 1.807) is 0 Å². The lowest BCUT2D eigenvalue weighted by Gasteiger charge is -2.04. The highest BCUT2D eigenvalue weighted by atomic mass is 127. The lowest BCUT2D eigenvalue weighted by molar-refractivity contribution is 0.0992. The Morgan fingerprint density at radius 3 is 2.53 bits per heavy atom. The van der Waals surface area contributed by atoms with Crippen LogP contribution in [-0.2, 0) is 6.42 Å². The van der Waals surface area contributed by atoms with E-state index < -0.39 is 0 Å². The van der Waals surface area contributed by atoms with Gasteiger partial charge in [0.15, 0.2) is 5.78 Å². The monoisotopic (exact) mass is 400 g/mol. The number of carbonyl (C=O) groups is 1. The van der Waals surface area contributed by atoms with E-state index in [1.165, 1.54) is 0 Å². The molecule has 0 saturated heterocycles. The van der Waals surface area contributed by atoms with Crippen molar-refractivity contribution in [1.82, 2.24) is 0 Å². The van der Waals surface area contributed by atoms with Crippen molar-refractivity contribution in [2.75, 3.05) is 0 Å². The van der Waals surface area contributed by atoms with E-state index in [4.69, 9.17) is 0 Å². The highest BCUT2D eigenvalue weighted by molar-refractivity contribution is 14.1. The van der Waals surface area contributed by atoms with Crippen LogP contribution in [0.2, 0.25) is 0 Å². The van der Waals surface area contributed by atoms with E-state index in [0.29, 0.717) is 6.42 Å². The van der Waals surface area contributed by atoms with Gasteiger partial charge in [0.05, 0.1) is 0 Å². The van der Waals surface area contributed by atoms with Gasteiger partial charge in [-0.2, -0.15) is 0 Å². The maximum atomic E-state index is 12.2. The molecule has 0 atom stereocenters. The quantitative estimate of drug-likeness (QED) is 0.548. The van der Waals surface area contributed by atoms with Crippen LogP contribution < -0.4 is 0 Å². The molecule has 0 aliphatic carbocycles. The van der Waals surface area contributed by atoms with Gasteiger partial charge in [0, 0.05) is 20.0 Å². The summed E-state index contributed by atoms with van der Waals surface area (Å²) >= 11 is 5.63. The molecule has 0 radical (unpaired) electrons. The molecule has 0 amide bonds. The van der Waals surface area contributed by atoms with Crippen molar-refractivity contribution in [2.45, 2.75) is 6.42 Å². The van der Waals surface area contributed by atoms with Crippen molar-refractivity contribution in [3.05, 3.63) is 67.7 Å². The third-order valence-electron chi connectivity index (χ3n) is 2.44. The number of benzene rings is 2. The van der Waals surface area contributed by atoms with Crippen molar-refractivity contribution in [1.29, 1.82) is 0 Å². The van der Waals surface area contributed by atoms with Gasteiger partial charge >= 0.3 is 0 Å². The summed E-state index contributed by atoms with van der Waals surface area (Å²) in [4.78, 5) is 12.2. The molecule has 0 heterocycles. The molecule has 0 N–H and O–H groups in total. The average Bonchev–Trinajstić information content (AvgIpc) is 2.33. The molecule has 0 spiro atoms. The number of Topliss-reactive ketones (excluding diaryl/α,β-unsaturated/α-hetero) is 1. The summed E-state index contributed by atoms with van der Waals surface area (Å²) in [6.45, 7) is 0. The van der Waals surface area contributed by atoms with E-state index in [-0.39, 0.29) is 5.78 Å². The average molecular weight is 401 g/mol. The smallest absolute Gasteiger partial charge is 0.168 e. The molecular weight excluding hydrogens is 391 g/mol. The predicted molar refractivity (Wildman–Crippen MR) is 81.3 cm³/mol. The Labute approximate surface area is 123 Å². The first-order valence-corrected chi connectivity index (χ1v) is 7.06. The summed E-state index contributed by atoms with van der Waals surface area (Å²) in [6.07, 6.45) is 0.444. The summed E-state index contributed by atoms with van der Waals surface area (Å²) in [7, 11) is 0. The number of hydrogen-bond donors (Lipinski definition) is 0. The van der Waals surface area contributed by atoms with E-state index in [0.717, 1.165) is 19.2 Å². The zero-order chi connectivity index (χ0) is 12.3. The zero-order valence-electron chi connectivity index (χ0n) is 8.99. The highest BCUT2D eigenvalue weighted by Crippen LogP contribution is 2.21. The first kappa shape index (κ1) is 12.8. The molecule has 3 heteroatoms. The molecule has 17 heavy (non-hydrogen) atoms. The lowest BCUT2D eigenvalue weighted by atomic mass is 10.0. The van der Waals surface area contributed by atoms with Crippen LogP contribution >= 0.6 is 38.5 Å². The van der Waals surface area contributed by atoms with Crippen LogP contribution in [0.5, 0.6) is 0 Å². The maximum Gasteiger partial charge on any atom is 0.168 e. The van der Waals surface area contributed by atoms with Crippen LogP contribution in [-0.4, -0.2) is 5.78 Å². The third kappa shape index (κ3) is 3.39. The van der Waals surface area contributed by atoms with Crippen LogP contribution in [0.1, 0.15) is 15.9 Å². The molecular formula is C14H10BrIO.